The molecule has 3 aromatic rings. The number of carbonyl (C=O) groups is 1. The molecule has 1 aliphatic carbocycles. The van der Waals surface area contributed by atoms with Crippen LogP contribution in [0.15, 0.2) is 67.1 Å². The lowest BCUT2D eigenvalue weighted by atomic mass is 9.80. The predicted octanol–water partition coefficient (Wildman–Crippen LogP) is 4.81. The van der Waals surface area contributed by atoms with Crippen LogP contribution in [0.5, 0.6) is 0 Å². The monoisotopic (exact) mass is 383 g/mol. The maximum atomic E-state index is 12.8. The number of nitriles is 1. The highest BCUT2D eigenvalue weighted by molar-refractivity contribution is 6.07. The van der Waals surface area contributed by atoms with Crippen molar-refractivity contribution in [1.82, 2.24) is 9.97 Å². The average Bonchev–Trinajstić information content (AvgIpc) is 3.26. The van der Waals surface area contributed by atoms with E-state index in [1.54, 1.807) is 30.7 Å². The van der Waals surface area contributed by atoms with Crippen LogP contribution in [-0.2, 0) is 5.41 Å². The fourth-order valence-electron chi connectivity index (χ4n) is 3.78. The summed E-state index contributed by atoms with van der Waals surface area (Å²) in [5.74, 6) is 0.206. The molecule has 1 fully saturated rings. The number of nitrogens with zero attached hydrogens (tertiary/aromatic N) is 3. The van der Waals surface area contributed by atoms with Gasteiger partial charge < -0.3 is 10.6 Å². The first-order valence-corrected chi connectivity index (χ1v) is 9.65. The Labute approximate surface area is 169 Å². The minimum Gasteiger partial charge on any atom is -0.338 e. The lowest BCUT2D eigenvalue weighted by molar-refractivity contribution is 0.102. The molecule has 6 heteroatoms. The average molecular weight is 383 g/mol. The van der Waals surface area contributed by atoms with Crippen LogP contribution >= 0.6 is 0 Å². The standard InChI is InChI=1S/C23H21N5O/c24-16-23(11-1-2-12-23)17-7-9-18(10-8-17)28-22(29)20-6-4-14-26-21(20)27-19-5-3-13-25-15-19/h3-10,13-15H,1-2,11-12H2,(H,26,27)(H,28,29). The number of hydrogen-bond donors (Lipinski definition) is 2. The molecule has 1 aromatic carbocycles. The third-order valence-corrected chi connectivity index (χ3v) is 5.34. The number of amides is 1. The SMILES string of the molecule is N#CC1(c2ccc(NC(=O)c3cccnc3Nc3cccnc3)cc2)CCCC1. The molecule has 0 atom stereocenters. The van der Waals surface area contributed by atoms with Gasteiger partial charge in [-0.05, 0) is 54.8 Å². The minimum absolute atomic E-state index is 0.256. The van der Waals surface area contributed by atoms with E-state index in [1.807, 2.05) is 36.4 Å². The summed E-state index contributed by atoms with van der Waals surface area (Å²) >= 11 is 0. The van der Waals surface area contributed by atoms with Crippen LogP contribution in [0.4, 0.5) is 17.2 Å². The molecule has 29 heavy (non-hydrogen) atoms. The van der Waals surface area contributed by atoms with Crippen LogP contribution in [-0.4, -0.2) is 15.9 Å². The van der Waals surface area contributed by atoms with Gasteiger partial charge >= 0.3 is 0 Å². The Morgan fingerprint density at radius 3 is 2.45 bits per heavy atom. The zero-order chi connectivity index (χ0) is 20.1. The summed E-state index contributed by atoms with van der Waals surface area (Å²) in [4.78, 5) is 21.2. The van der Waals surface area contributed by atoms with Crippen molar-refractivity contribution in [3.05, 3.63) is 78.2 Å². The fourth-order valence-corrected chi connectivity index (χ4v) is 3.78. The normalized spacial score (nSPS) is 14.7. The van der Waals surface area contributed by atoms with Crippen LogP contribution in [0, 0.1) is 11.3 Å². The molecule has 2 N–H and O–H groups in total. The second-order valence-electron chi connectivity index (χ2n) is 7.20. The lowest BCUT2D eigenvalue weighted by Crippen LogP contribution is -2.19. The first kappa shape index (κ1) is 18.6. The Morgan fingerprint density at radius 1 is 1.00 bits per heavy atom. The molecule has 6 nitrogen and oxygen atoms in total. The van der Waals surface area contributed by atoms with Crippen molar-refractivity contribution >= 4 is 23.1 Å². The number of carbonyl (C=O) groups excluding carboxylic acids is 1. The smallest absolute Gasteiger partial charge is 0.259 e. The zero-order valence-electron chi connectivity index (χ0n) is 15.9. The van der Waals surface area contributed by atoms with E-state index in [2.05, 4.69) is 26.7 Å². The Bertz CT molecular complexity index is 1030. The highest BCUT2D eigenvalue weighted by Gasteiger charge is 2.35. The van der Waals surface area contributed by atoms with E-state index in [0.29, 0.717) is 17.1 Å². The summed E-state index contributed by atoms with van der Waals surface area (Å²) in [6.07, 6.45) is 8.95. The summed E-state index contributed by atoms with van der Waals surface area (Å²) in [6, 6.07) is 17.2. The summed E-state index contributed by atoms with van der Waals surface area (Å²) in [7, 11) is 0. The predicted molar refractivity (Wildman–Crippen MR) is 112 cm³/mol. The molecule has 2 heterocycles. The van der Waals surface area contributed by atoms with Crippen LogP contribution in [0.1, 0.15) is 41.6 Å². The van der Waals surface area contributed by atoms with Gasteiger partial charge in [0.25, 0.3) is 5.91 Å². The fraction of sp³-hybridized carbons (Fsp3) is 0.217. The summed E-state index contributed by atoms with van der Waals surface area (Å²) < 4.78 is 0. The van der Waals surface area contributed by atoms with Gasteiger partial charge in [-0.2, -0.15) is 5.26 Å². The van der Waals surface area contributed by atoms with E-state index >= 15 is 0 Å². The molecule has 0 bridgehead atoms. The molecule has 144 valence electrons. The summed E-state index contributed by atoms with van der Waals surface area (Å²) in [6.45, 7) is 0. The topological polar surface area (TPSA) is 90.7 Å². The summed E-state index contributed by atoms with van der Waals surface area (Å²) in [5.41, 5.74) is 2.51. The van der Waals surface area contributed by atoms with E-state index in [9.17, 15) is 10.1 Å². The number of anilines is 3. The molecule has 0 aliphatic heterocycles. The molecule has 1 amide bonds. The highest BCUT2D eigenvalue weighted by atomic mass is 16.1. The number of pyridine rings is 2. The number of aromatic nitrogens is 2. The highest BCUT2D eigenvalue weighted by Crippen LogP contribution is 2.40. The minimum atomic E-state index is -0.382. The van der Waals surface area contributed by atoms with Crippen molar-refractivity contribution in [1.29, 1.82) is 5.26 Å². The van der Waals surface area contributed by atoms with Gasteiger partial charge in [-0.3, -0.25) is 9.78 Å². The quantitative estimate of drug-likeness (QED) is 0.660. The second-order valence-corrected chi connectivity index (χ2v) is 7.20. The molecule has 0 saturated heterocycles. The number of hydrogen-bond acceptors (Lipinski definition) is 5. The molecule has 0 unspecified atom stereocenters. The van der Waals surface area contributed by atoms with E-state index in [4.69, 9.17) is 0 Å². The van der Waals surface area contributed by atoms with Crippen molar-refractivity contribution < 1.29 is 4.79 Å². The Balaban J connectivity index is 1.51. The second kappa shape index (κ2) is 8.11. The largest absolute Gasteiger partial charge is 0.338 e. The van der Waals surface area contributed by atoms with Gasteiger partial charge in [0.1, 0.15) is 5.82 Å². The van der Waals surface area contributed by atoms with Crippen molar-refractivity contribution in [2.24, 2.45) is 0 Å². The molecular weight excluding hydrogens is 362 g/mol. The Kier molecular flexibility index (Phi) is 5.21. The van der Waals surface area contributed by atoms with E-state index in [0.717, 1.165) is 36.9 Å². The van der Waals surface area contributed by atoms with E-state index in [1.165, 1.54) is 0 Å². The van der Waals surface area contributed by atoms with E-state index < -0.39 is 0 Å². The first-order valence-electron chi connectivity index (χ1n) is 9.65. The van der Waals surface area contributed by atoms with Crippen molar-refractivity contribution in [2.75, 3.05) is 10.6 Å². The third kappa shape index (κ3) is 3.94. The molecular formula is C23H21N5O. The molecule has 1 aliphatic rings. The molecule has 1 saturated carbocycles. The molecule has 0 radical (unpaired) electrons. The Hall–Kier alpha value is -3.72. The van der Waals surface area contributed by atoms with Gasteiger partial charge in [0.15, 0.2) is 0 Å². The Morgan fingerprint density at radius 2 is 1.76 bits per heavy atom. The van der Waals surface area contributed by atoms with Crippen LogP contribution in [0.25, 0.3) is 0 Å². The van der Waals surface area contributed by atoms with Gasteiger partial charge in [-0.1, -0.05) is 25.0 Å². The number of benzene rings is 1. The maximum absolute atomic E-state index is 12.8. The molecule has 2 aromatic heterocycles. The number of nitrogens with one attached hydrogen (secondary N) is 2. The van der Waals surface area contributed by atoms with Crippen LogP contribution < -0.4 is 10.6 Å². The van der Waals surface area contributed by atoms with Gasteiger partial charge in [0.2, 0.25) is 0 Å². The van der Waals surface area contributed by atoms with Gasteiger partial charge in [-0.25, -0.2) is 4.98 Å². The number of rotatable bonds is 5. The van der Waals surface area contributed by atoms with Crippen molar-refractivity contribution in [3.63, 3.8) is 0 Å². The molecule has 4 rings (SSSR count). The van der Waals surface area contributed by atoms with Gasteiger partial charge in [0, 0.05) is 18.1 Å². The first-order chi connectivity index (χ1) is 14.2. The summed E-state index contributed by atoms with van der Waals surface area (Å²) in [5, 5.41) is 15.7. The third-order valence-electron chi connectivity index (χ3n) is 5.34. The van der Waals surface area contributed by atoms with Gasteiger partial charge in [-0.15, -0.1) is 0 Å². The van der Waals surface area contributed by atoms with Crippen LogP contribution in [0.2, 0.25) is 0 Å². The maximum Gasteiger partial charge on any atom is 0.259 e. The zero-order valence-corrected chi connectivity index (χ0v) is 15.9. The molecule has 0 spiro atoms. The van der Waals surface area contributed by atoms with Crippen molar-refractivity contribution in [2.45, 2.75) is 31.1 Å². The van der Waals surface area contributed by atoms with Crippen molar-refractivity contribution in [3.8, 4) is 6.07 Å². The lowest BCUT2D eigenvalue weighted by Gasteiger charge is -2.21. The van der Waals surface area contributed by atoms with E-state index in [-0.39, 0.29) is 11.3 Å². The van der Waals surface area contributed by atoms with Gasteiger partial charge in [0.05, 0.1) is 28.9 Å². The van der Waals surface area contributed by atoms with Crippen LogP contribution in [0.3, 0.4) is 0 Å².